The highest BCUT2D eigenvalue weighted by Gasteiger charge is 2.54. The molecule has 1 heterocycles. The van der Waals surface area contributed by atoms with Gasteiger partial charge in [0, 0.05) is 12.7 Å². The zero-order chi connectivity index (χ0) is 13.3. The van der Waals surface area contributed by atoms with Crippen molar-refractivity contribution in [3.63, 3.8) is 0 Å². The molecule has 1 aromatic rings. The molecular formula is C12H12FNO4. The molecule has 1 aliphatic rings. The van der Waals surface area contributed by atoms with E-state index in [9.17, 15) is 14.0 Å². The van der Waals surface area contributed by atoms with Crippen LogP contribution in [0.3, 0.4) is 0 Å². The van der Waals surface area contributed by atoms with Crippen molar-refractivity contribution in [2.24, 2.45) is 5.41 Å². The summed E-state index contributed by atoms with van der Waals surface area (Å²) in [5.74, 6) is -2.31. The molecule has 96 valence electrons. The minimum absolute atomic E-state index is 0.152. The van der Waals surface area contributed by atoms with Gasteiger partial charge in [0.2, 0.25) is 5.91 Å². The first-order valence-electron chi connectivity index (χ1n) is 5.32. The van der Waals surface area contributed by atoms with Crippen LogP contribution in [-0.2, 0) is 14.3 Å². The Morgan fingerprint density at radius 3 is 2.56 bits per heavy atom. The Hall–Kier alpha value is -1.95. The fraction of sp³-hybridized carbons (Fsp3) is 0.333. The van der Waals surface area contributed by atoms with Crippen LogP contribution in [0.1, 0.15) is 0 Å². The second kappa shape index (κ2) is 4.38. The smallest absolute Gasteiger partial charge is 0.324 e. The maximum absolute atomic E-state index is 13.1. The second-order valence-corrected chi connectivity index (χ2v) is 4.22. The van der Waals surface area contributed by atoms with E-state index in [0.717, 1.165) is 4.90 Å². The number of hydrogen-bond acceptors (Lipinski definition) is 3. The van der Waals surface area contributed by atoms with Gasteiger partial charge in [0.25, 0.3) is 0 Å². The molecule has 5 nitrogen and oxygen atoms in total. The fourth-order valence-electron chi connectivity index (χ4n) is 1.77. The Balaban J connectivity index is 2.26. The van der Waals surface area contributed by atoms with Crippen LogP contribution in [0.15, 0.2) is 24.3 Å². The third kappa shape index (κ3) is 1.84. The van der Waals surface area contributed by atoms with Crippen molar-refractivity contribution in [2.75, 3.05) is 25.2 Å². The third-order valence-corrected chi connectivity index (χ3v) is 3.02. The van der Waals surface area contributed by atoms with Crippen LogP contribution in [0.5, 0.6) is 0 Å². The topological polar surface area (TPSA) is 66.8 Å². The van der Waals surface area contributed by atoms with Crippen LogP contribution in [0, 0.1) is 11.2 Å². The van der Waals surface area contributed by atoms with E-state index in [1.165, 1.54) is 31.3 Å². The van der Waals surface area contributed by atoms with Gasteiger partial charge in [0.1, 0.15) is 5.82 Å². The van der Waals surface area contributed by atoms with Crippen molar-refractivity contribution in [1.29, 1.82) is 0 Å². The molecule has 2 rings (SSSR count). The molecular weight excluding hydrogens is 241 g/mol. The molecule has 6 heteroatoms. The normalized spacial score (nSPS) is 16.8. The van der Waals surface area contributed by atoms with E-state index < -0.39 is 23.1 Å². The number of benzene rings is 1. The average molecular weight is 253 g/mol. The lowest BCUT2D eigenvalue weighted by Crippen LogP contribution is -2.59. The summed E-state index contributed by atoms with van der Waals surface area (Å²) in [5.41, 5.74) is -1.23. The molecule has 0 unspecified atom stereocenters. The van der Waals surface area contributed by atoms with Crippen molar-refractivity contribution in [2.45, 2.75) is 0 Å². The zero-order valence-electron chi connectivity index (χ0n) is 9.72. The maximum Gasteiger partial charge on any atom is 0.324 e. The Labute approximate surface area is 103 Å². The van der Waals surface area contributed by atoms with Gasteiger partial charge >= 0.3 is 5.97 Å². The van der Waals surface area contributed by atoms with Crippen LogP contribution in [0.2, 0.25) is 0 Å². The van der Waals surface area contributed by atoms with E-state index in [1.807, 2.05) is 0 Å². The first kappa shape index (κ1) is 12.5. The zero-order valence-corrected chi connectivity index (χ0v) is 9.72. The van der Waals surface area contributed by atoms with Crippen molar-refractivity contribution < 1.29 is 23.8 Å². The summed E-state index contributed by atoms with van der Waals surface area (Å²) in [6, 6.07) is 5.42. The number of nitrogens with zero attached hydrogens (tertiary/aromatic N) is 1. The molecule has 0 saturated carbocycles. The van der Waals surface area contributed by atoms with Gasteiger partial charge in [-0.25, -0.2) is 4.39 Å². The highest BCUT2D eigenvalue weighted by atomic mass is 19.1. The molecule has 1 saturated heterocycles. The van der Waals surface area contributed by atoms with Gasteiger partial charge in [-0.3, -0.25) is 9.59 Å². The van der Waals surface area contributed by atoms with E-state index in [2.05, 4.69) is 0 Å². The van der Waals surface area contributed by atoms with Gasteiger partial charge < -0.3 is 14.7 Å². The Bertz CT molecular complexity index is 499. The number of aliphatic carboxylic acids is 1. The number of ether oxygens (including phenoxy) is 1. The molecule has 1 fully saturated rings. The predicted octanol–water partition coefficient (Wildman–Crippen LogP) is 0.890. The Morgan fingerprint density at radius 2 is 2.11 bits per heavy atom. The van der Waals surface area contributed by atoms with Gasteiger partial charge in [0.05, 0.1) is 13.2 Å². The summed E-state index contributed by atoms with van der Waals surface area (Å²) in [5, 5.41) is 9.10. The van der Waals surface area contributed by atoms with Crippen molar-refractivity contribution in [3.05, 3.63) is 30.1 Å². The van der Waals surface area contributed by atoms with E-state index in [4.69, 9.17) is 9.84 Å². The number of hydrogen-bond donors (Lipinski definition) is 1. The number of carboxylic acids is 1. The number of amides is 1. The molecule has 1 aromatic carbocycles. The van der Waals surface area contributed by atoms with E-state index in [-0.39, 0.29) is 13.2 Å². The molecule has 1 aliphatic heterocycles. The SMILES string of the molecule is CN(C(=O)C1(C(=O)O)COC1)c1cccc(F)c1. The average Bonchev–Trinajstić information content (AvgIpc) is 2.25. The highest BCUT2D eigenvalue weighted by Crippen LogP contribution is 2.31. The minimum atomic E-state index is -1.54. The second-order valence-electron chi connectivity index (χ2n) is 4.22. The monoisotopic (exact) mass is 253 g/mol. The number of rotatable bonds is 3. The third-order valence-electron chi connectivity index (χ3n) is 3.02. The molecule has 1 N–H and O–H groups in total. The highest BCUT2D eigenvalue weighted by molar-refractivity contribution is 6.10. The van der Waals surface area contributed by atoms with Crippen LogP contribution < -0.4 is 4.90 Å². The van der Waals surface area contributed by atoms with Gasteiger partial charge in [-0.05, 0) is 18.2 Å². The standard InChI is InChI=1S/C12H12FNO4/c1-14(9-4-2-3-8(13)5-9)10(15)12(11(16)17)6-18-7-12/h2-5H,6-7H2,1H3,(H,16,17). The largest absolute Gasteiger partial charge is 0.480 e. The molecule has 1 amide bonds. The molecule has 0 radical (unpaired) electrons. The summed E-state index contributed by atoms with van der Waals surface area (Å²) >= 11 is 0. The summed E-state index contributed by atoms with van der Waals surface area (Å²) in [6.45, 7) is -0.304. The summed E-state index contributed by atoms with van der Waals surface area (Å²) in [7, 11) is 1.42. The number of carboxylic acid groups (broad SMARTS) is 1. The van der Waals surface area contributed by atoms with Crippen LogP contribution >= 0.6 is 0 Å². The van der Waals surface area contributed by atoms with Crippen LogP contribution in [0.25, 0.3) is 0 Å². The Morgan fingerprint density at radius 1 is 1.44 bits per heavy atom. The van der Waals surface area contributed by atoms with Gasteiger partial charge in [0.15, 0.2) is 5.41 Å². The minimum Gasteiger partial charge on any atom is -0.480 e. The van der Waals surface area contributed by atoms with Crippen LogP contribution in [-0.4, -0.2) is 37.2 Å². The lowest BCUT2D eigenvalue weighted by Gasteiger charge is -2.38. The quantitative estimate of drug-likeness (QED) is 0.812. The van der Waals surface area contributed by atoms with Gasteiger partial charge in [-0.2, -0.15) is 0 Å². The summed E-state index contributed by atoms with van der Waals surface area (Å²) in [4.78, 5) is 24.4. The summed E-state index contributed by atoms with van der Waals surface area (Å²) < 4.78 is 17.9. The first-order chi connectivity index (χ1) is 8.47. The molecule has 18 heavy (non-hydrogen) atoms. The van der Waals surface area contributed by atoms with Crippen molar-refractivity contribution in [3.8, 4) is 0 Å². The lowest BCUT2D eigenvalue weighted by molar-refractivity contribution is -0.183. The van der Waals surface area contributed by atoms with E-state index in [0.29, 0.717) is 5.69 Å². The Kier molecular flexibility index (Phi) is 3.04. The van der Waals surface area contributed by atoms with Crippen molar-refractivity contribution >= 4 is 17.6 Å². The molecule has 0 spiro atoms. The number of carbonyl (C=O) groups is 2. The first-order valence-corrected chi connectivity index (χ1v) is 5.32. The molecule has 0 bridgehead atoms. The van der Waals surface area contributed by atoms with Crippen molar-refractivity contribution in [1.82, 2.24) is 0 Å². The molecule has 0 aromatic heterocycles. The number of anilines is 1. The predicted molar refractivity (Wildman–Crippen MR) is 60.7 cm³/mol. The van der Waals surface area contributed by atoms with Crippen LogP contribution in [0.4, 0.5) is 10.1 Å². The molecule has 0 aliphatic carbocycles. The number of halogens is 1. The van der Waals surface area contributed by atoms with Gasteiger partial charge in [-0.15, -0.1) is 0 Å². The lowest BCUT2D eigenvalue weighted by atomic mass is 9.84. The van der Waals surface area contributed by atoms with E-state index in [1.54, 1.807) is 0 Å². The van der Waals surface area contributed by atoms with E-state index >= 15 is 0 Å². The fourth-order valence-corrected chi connectivity index (χ4v) is 1.77. The summed E-state index contributed by atoms with van der Waals surface area (Å²) in [6.07, 6.45) is 0. The van der Waals surface area contributed by atoms with Gasteiger partial charge in [-0.1, -0.05) is 6.07 Å². The number of carbonyl (C=O) groups excluding carboxylic acids is 1. The maximum atomic E-state index is 13.1. The molecule has 0 atom stereocenters.